The molecular formula is C25H25N3O4S. The number of carbonyl (C=O) groups is 3. The molecule has 2 aromatic carbocycles. The summed E-state index contributed by atoms with van der Waals surface area (Å²) in [6.45, 7) is 6.19. The lowest BCUT2D eigenvalue weighted by molar-refractivity contribution is -0.118. The lowest BCUT2D eigenvalue weighted by atomic mass is 10.0. The number of carbonyl (C=O) groups excluding carboxylic acids is 3. The predicted octanol–water partition coefficient (Wildman–Crippen LogP) is 4.80. The zero-order chi connectivity index (χ0) is 23.5. The van der Waals surface area contributed by atoms with Crippen LogP contribution in [-0.4, -0.2) is 30.3 Å². The molecular weight excluding hydrogens is 438 g/mol. The first-order valence-corrected chi connectivity index (χ1v) is 11.6. The van der Waals surface area contributed by atoms with Gasteiger partial charge in [-0.25, -0.2) is 0 Å². The summed E-state index contributed by atoms with van der Waals surface area (Å²) in [6, 6.07) is 15.4. The molecule has 4 rings (SSSR count). The number of nitrogens with zero attached hydrogens (tertiary/aromatic N) is 1. The number of benzene rings is 2. The Balaban J connectivity index is 1.58. The highest BCUT2D eigenvalue weighted by molar-refractivity contribution is 7.99. The number of amides is 3. The van der Waals surface area contributed by atoms with Crippen LogP contribution in [-0.2, 0) is 4.79 Å². The average molecular weight is 464 g/mol. The maximum Gasteiger partial charge on any atom is 0.287 e. The van der Waals surface area contributed by atoms with Gasteiger partial charge in [0.05, 0.1) is 17.5 Å². The van der Waals surface area contributed by atoms with Crippen molar-refractivity contribution in [1.29, 1.82) is 0 Å². The molecule has 8 heteroatoms. The van der Waals surface area contributed by atoms with Gasteiger partial charge in [-0.1, -0.05) is 37.7 Å². The molecule has 0 saturated heterocycles. The van der Waals surface area contributed by atoms with Gasteiger partial charge in [-0.05, 0) is 55.3 Å². The van der Waals surface area contributed by atoms with Crippen LogP contribution in [0.4, 0.5) is 11.4 Å². The van der Waals surface area contributed by atoms with Gasteiger partial charge in [-0.15, -0.1) is 0 Å². The number of hydrogen-bond acceptors (Lipinski definition) is 5. The van der Waals surface area contributed by atoms with Crippen molar-refractivity contribution in [3.8, 4) is 0 Å². The van der Waals surface area contributed by atoms with Crippen molar-refractivity contribution in [2.45, 2.75) is 36.6 Å². The Labute approximate surface area is 196 Å². The van der Waals surface area contributed by atoms with E-state index in [0.29, 0.717) is 17.8 Å². The molecule has 2 heterocycles. The number of furan rings is 1. The van der Waals surface area contributed by atoms with Gasteiger partial charge in [0, 0.05) is 22.0 Å². The van der Waals surface area contributed by atoms with E-state index >= 15 is 0 Å². The van der Waals surface area contributed by atoms with Gasteiger partial charge in [0.15, 0.2) is 5.76 Å². The van der Waals surface area contributed by atoms with Crippen LogP contribution in [0.1, 0.15) is 41.7 Å². The fraction of sp³-hybridized carbons (Fsp3) is 0.240. The molecule has 3 aromatic rings. The minimum absolute atomic E-state index is 0.0448. The van der Waals surface area contributed by atoms with E-state index in [9.17, 15) is 14.4 Å². The smallest absolute Gasteiger partial charge is 0.287 e. The van der Waals surface area contributed by atoms with Gasteiger partial charge in [0.1, 0.15) is 6.04 Å². The van der Waals surface area contributed by atoms with Crippen molar-refractivity contribution in [2.24, 2.45) is 5.92 Å². The minimum atomic E-state index is -0.747. The van der Waals surface area contributed by atoms with Crippen LogP contribution >= 0.6 is 11.8 Å². The number of nitrogens with one attached hydrogen (secondary N) is 2. The molecule has 0 aliphatic carbocycles. The molecule has 1 unspecified atom stereocenters. The van der Waals surface area contributed by atoms with E-state index in [1.807, 2.05) is 57.2 Å². The van der Waals surface area contributed by atoms with Gasteiger partial charge in [-0.3, -0.25) is 14.4 Å². The van der Waals surface area contributed by atoms with Gasteiger partial charge in [-0.2, -0.15) is 0 Å². The van der Waals surface area contributed by atoms with Gasteiger partial charge in [0.25, 0.3) is 11.8 Å². The fourth-order valence-electron chi connectivity index (χ4n) is 3.69. The summed E-state index contributed by atoms with van der Waals surface area (Å²) in [5, 5.41) is 5.65. The zero-order valence-corrected chi connectivity index (χ0v) is 19.4. The first-order chi connectivity index (χ1) is 15.9. The lowest BCUT2D eigenvalue weighted by Crippen LogP contribution is -2.47. The molecule has 7 nitrogen and oxygen atoms in total. The van der Waals surface area contributed by atoms with E-state index in [0.717, 1.165) is 15.5 Å². The van der Waals surface area contributed by atoms with Gasteiger partial charge < -0.3 is 20.0 Å². The average Bonchev–Trinajstić information content (AvgIpc) is 3.30. The van der Waals surface area contributed by atoms with Crippen LogP contribution in [0.2, 0.25) is 0 Å². The number of rotatable bonds is 6. The van der Waals surface area contributed by atoms with E-state index in [4.69, 9.17) is 4.42 Å². The topological polar surface area (TPSA) is 91.7 Å². The highest BCUT2D eigenvalue weighted by Crippen LogP contribution is 2.42. The maximum absolute atomic E-state index is 13.1. The molecule has 0 spiro atoms. The quantitative estimate of drug-likeness (QED) is 0.548. The lowest BCUT2D eigenvalue weighted by Gasteiger charge is -2.23. The highest BCUT2D eigenvalue weighted by Gasteiger charge is 2.28. The van der Waals surface area contributed by atoms with Crippen LogP contribution in [0, 0.1) is 5.92 Å². The van der Waals surface area contributed by atoms with Crippen LogP contribution in [0.15, 0.2) is 75.1 Å². The number of hydrogen-bond donors (Lipinski definition) is 2. The van der Waals surface area contributed by atoms with E-state index in [-0.39, 0.29) is 23.5 Å². The second-order valence-electron chi connectivity index (χ2n) is 7.99. The SMILES string of the molecule is CCN1C(=O)c2ccccc2Sc2cc(NC(=O)C(NC(=O)c3ccco3)C(C)C)ccc21. The molecule has 1 aliphatic heterocycles. The second kappa shape index (κ2) is 9.54. The van der Waals surface area contributed by atoms with Crippen molar-refractivity contribution in [1.82, 2.24) is 5.32 Å². The highest BCUT2D eigenvalue weighted by atomic mass is 32.2. The summed E-state index contributed by atoms with van der Waals surface area (Å²) in [7, 11) is 0. The third kappa shape index (κ3) is 4.66. The first-order valence-electron chi connectivity index (χ1n) is 10.8. The third-order valence-corrected chi connectivity index (χ3v) is 6.52. The first kappa shape index (κ1) is 22.7. The normalized spacial score (nSPS) is 13.7. The zero-order valence-electron chi connectivity index (χ0n) is 18.6. The van der Waals surface area contributed by atoms with Crippen LogP contribution in [0.5, 0.6) is 0 Å². The van der Waals surface area contributed by atoms with Crippen molar-refractivity contribution < 1.29 is 18.8 Å². The van der Waals surface area contributed by atoms with E-state index in [1.54, 1.807) is 23.1 Å². The van der Waals surface area contributed by atoms with E-state index < -0.39 is 11.9 Å². The third-order valence-electron chi connectivity index (χ3n) is 5.40. The molecule has 33 heavy (non-hydrogen) atoms. The van der Waals surface area contributed by atoms with Crippen molar-refractivity contribution in [2.75, 3.05) is 16.8 Å². The molecule has 1 aromatic heterocycles. The monoisotopic (exact) mass is 463 g/mol. The van der Waals surface area contributed by atoms with Crippen molar-refractivity contribution >= 4 is 40.9 Å². The van der Waals surface area contributed by atoms with Crippen LogP contribution in [0.25, 0.3) is 0 Å². The summed E-state index contributed by atoms with van der Waals surface area (Å²) in [4.78, 5) is 42.0. The Kier molecular flexibility index (Phi) is 6.55. The molecule has 0 fully saturated rings. The van der Waals surface area contributed by atoms with Crippen LogP contribution in [0.3, 0.4) is 0 Å². The standard InChI is InChI=1S/C25H25N3O4S/c1-4-28-18-12-11-16(14-21(18)33-20-10-6-5-8-17(20)25(28)31)26-24(30)22(15(2)3)27-23(29)19-9-7-13-32-19/h5-15,22H,4H2,1-3H3,(H,26,30)(H,27,29). The number of fused-ring (bicyclic) bond motifs is 2. The predicted molar refractivity (Wildman–Crippen MR) is 128 cm³/mol. The molecule has 0 bridgehead atoms. The fourth-order valence-corrected chi connectivity index (χ4v) is 4.81. The Morgan fingerprint density at radius 3 is 2.55 bits per heavy atom. The Bertz CT molecular complexity index is 1190. The maximum atomic E-state index is 13.1. The van der Waals surface area contributed by atoms with Gasteiger partial charge in [0.2, 0.25) is 5.91 Å². The molecule has 0 saturated carbocycles. The summed E-state index contributed by atoms with van der Waals surface area (Å²) in [6.07, 6.45) is 1.41. The number of anilines is 2. The van der Waals surface area contributed by atoms with E-state index in [2.05, 4.69) is 10.6 Å². The molecule has 170 valence electrons. The summed E-state index contributed by atoms with van der Waals surface area (Å²) < 4.78 is 5.13. The second-order valence-corrected chi connectivity index (χ2v) is 9.08. The Morgan fingerprint density at radius 1 is 1.06 bits per heavy atom. The summed E-state index contributed by atoms with van der Waals surface area (Å²) in [5.74, 6) is -0.805. The molecule has 1 aliphatic rings. The molecule has 3 amide bonds. The van der Waals surface area contributed by atoms with Gasteiger partial charge >= 0.3 is 0 Å². The minimum Gasteiger partial charge on any atom is -0.459 e. The Hall–Kier alpha value is -3.52. The van der Waals surface area contributed by atoms with E-state index in [1.165, 1.54) is 18.0 Å². The largest absolute Gasteiger partial charge is 0.459 e. The van der Waals surface area contributed by atoms with Crippen LogP contribution < -0.4 is 15.5 Å². The molecule has 2 N–H and O–H groups in total. The molecule has 1 atom stereocenters. The van der Waals surface area contributed by atoms with Crippen molar-refractivity contribution in [3.05, 3.63) is 72.2 Å². The Morgan fingerprint density at radius 2 is 1.85 bits per heavy atom. The summed E-state index contributed by atoms with van der Waals surface area (Å²) in [5.41, 5.74) is 2.05. The molecule has 0 radical (unpaired) electrons. The van der Waals surface area contributed by atoms with Crippen molar-refractivity contribution in [3.63, 3.8) is 0 Å². The summed E-state index contributed by atoms with van der Waals surface area (Å²) >= 11 is 1.50.